The van der Waals surface area contributed by atoms with Gasteiger partial charge in [0.25, 0.3) is 0 Å². The number of hydrogen-bond donors (Lipinski definition) is 3. The highest BCUT2D eigenvalue weighted by Crippen LogP contribution is 2.28. The second kappa shape index (κ2) is 18.3. The molecular formula is C37H57N5O8. The molecule has 278 valence electrons. The Labute approximate surface area is 296 Å². The van der Waals surface area contributed by atoms with Crippen molar-refractivity contribution in [2.24, 2.45) is 11.7 Å². The maximum absolute atomic E-state index is 14.3. The Bertz CT molecular complexity index is 1330. The topological polar surface area (TPSA) is 170 Å². The van der Waals surface area contributed by atoms with E-state index >= 15 is 0 Å². The molecule has 0 aromatic heterocycles. The van der Waals surface area contributed by atoms with E-state index in [9.17, 15) is 24.0 Å². The molecule has 0 saturated carbocycles. The van der Waals surface area contributed by atoms with Gasteiger partial charge in [-0.3, -0.25) is 14.4 Å². The number of benzene rings is 1. The van der Waals surface area contributed by atoms with E-state index in [0.717, 1.165) is 5.56 Å². The Morgan fingerprint density at radius 3 is 2.36 bits per heavy atom. The first-order chi connectivity index (χ1) is 23.5. The van der Waals surface area contributed by atoms with Gasteiger partial charge in [0.15, 0.2) is 0 Å². The van der Waals surface area contributed by atoms with Crippen LogP contribution in [0.5, 0.6) is 0 Å². The van der Waals surface area contributed by atoms with Gasteiger partial charge in [0.1, 0.15) is 36.4 Å². The maximum atomic E-state index is 14.3. The normalized spacial score (nSPS) is 20.9. The van der Waals surface area contributed by atoms with E-state index in [0.29, 0.717) is 45.2 Å². The van der Waals surface area contributed by atoms with Crippen LogP contribution in [0.1, 0.15) is 85.6 Å². The predicted octanol–water partition coefficient (Wildman–Crippen LogP) is 3.45. The number of carbonyl (C=O) groups excluding carboxylic acids is 5. The summed E-state index contributed by atoms with van der Waals surface area (Å²) in [6, 6.07) is 5.69. The second-order valence-corrected chi connectivity index (χ2v) is 15.0. The van der Waals surface area contributed by atoms with Crippen molar-refractivity contribution >= 4 is 29.8 Å². The molecule has 0 radical (unpaired) electrons. The molecule has 1 aromatic rings. The minimum atomic E-state index is -1.01. The number of unbranched alkanes of at least 4 members (excludes halogenated alkanes) is 1. The van der Waals surface area contributed by atoms with Crippen molar-refractivity contribution in [2.75, 3.05) is 26.2 Å². The maximum Gasteiger partial charge on any atom is 0.407 e. The van der Waals surface area contributed by atoms with Crippen LogP contribution in [0.15, 0.2) is 43.0 Å². The number of nitrogens with zero attached hydrogens (tertiary/aromatic N) is 2. The van der Waals surface area contributed by atoms with Crippen LogP contribution < -0.4 is 16.4 Å². The first kappa shape index (κ1) is 40.5. The molecule has 0 bridgehead atoms. The number of nitrogens with two attached hydrogens (primary N) is 1. The molecular weight excluding hydrogens is 642 g/mol. The average Bonchev–Trinajstić information content (AvgIpc) is 3.55. The fraction of sp³-hybridized carbons (Fsp3) is 0.649. The monoisotopic (exact) mass is 699 g/mol. The molecule has 1 aromatic carbocycles. The van der Waals surface area contributed by atoms with Crippen LogP contribution in [0.3, 0.4) is 0 Å². The summed E-state index contributed by atoms with van der Waals surface area (Å²) in [5.74, 6) is -2.17. The van der Waals surface area contributed by atoms with Crippen molar-refractivity contribution in [1.29, 1.82) is 0 Å². The number of piperidine rings is 1. The molecule has 0 aliphatic carbocycles. The van der Waals surface area contributed by atoms with Crippen molar-refractivity contribution < 1.29 is 38.2 Å². The van der Waals surface area contributed by atoms with Gasteiger partial charge in [0.2, 0.25) is 17.7 Å². The van der Waals surface area contributed by atoms with Crippen LogP contribution in [0.25, 0.3) is 0 Å². The summed E-state index contributed by atoms with van der Waals surface area (Å²) in [7, 11) is 0. The molecule has 2 aliphatic rings. The van der Waals surface area contributed by atoms with Crippen molar-refractivity contribution in [3.05, 3.63) is 48.6 Å². The van der Waals surface area contributed by atoms with Crippen LogP contribution in [-0.4, -0.2) is 101 Å². The van der Waals surface area contributed by atoms with Crippen molar-refractivity contribution in [1.82, 2.24) is 20.4 Å². The highest BCUT2D eigenvalue weighted by molar-refractivity contribution is 5.95. The number of nitrogens with one attached hydrogen (secondary N) is 2. The van der Waals surface area contributed by atoms with E-state index in [2.05, 4.69) is 17.2 Å². The summed E-state index contributed by atoms with van der Waals surface area (Å²) < 4.78 is 16.6. The van der Waals surface area contributed by atoms with E-state index in [4.69, 9.17) is 19.9 Å². The lowest BCUT2D eigenvalue weighted by atomic mass is 9.88. The number of amides is 4. The zero-order valence-corrected chi connectivity index (χ0v) is 30.6. The van der Waals surface area contributed by atoms with Gasteiger partial charge in [-0.05, 0) is 85.6 Å². The van der Waals surface area contributed by atoms with Crippen LogP contribution in [-0.2, 0) is 40.0 Å². The van der Waals surface area contributed by atoms with E-state index in [1.54, 1.807) is 26.8 Å². The van der Waals surface area contributed by atoms with Crippen LogP contribution in [0.2, 0.25) is 0 Å². The molecule has 50 heavy (non-hydrogen) atoms. The molecule has 0 unspecified atom stereocenters. The largest absolute Gasteiger partial charge is 0.458 e. The summed E-state index contributed by atoms with van der Waals surface area (Å²) in [6.07, 6.45) is 3.91. The van der Waals surface area contributed by atoms with Crippen molar-refractivity contribution in [3.8, 4) is 0 Å². The fourth-order valence-electron chi connectivity index (χ4n) is 6.01. The summed E-state index contributed by atoms with van der Waals surface area (Å²) in [5, 5.41) is 5.53. The smallest absolute Gasteiger partial charge is 0.407 e. The highest BCUT2D eigenvalue weighted by atomic mass is 16.6. The van der Waals surface area contributed by atoms with E-state index in [-0.39, 0.29) is 38.0 Å². The Morgan fingerprint density at radius 2 is 1.72 bits per heavy atom. The molecule has 0 spiro atoms. The molecule has 4 N–H and O–H groups in total. The zero-order chi connectivity index (χ0) is 37.1. The molecule has 13 heteroatoms. The van der Waals surface area contributed by atoms with Gasteiger partial charge in [-0.1, -0.05) is 36.4 Å². The number of rotatable bonds is 15. The molecule has 4 amide bonds. The minimum absolute atomic E-state index is 0.0331. The van der Waals surface area contributed by atoms with Crippen molar-refractivity contribution in [3.63, 3.8) is 0 Å². The highest BCUT2D eigenvalue weighted by Gasteiger charge is 2.45. The SMILES string of the molecule is C=C[C@@H]1CCN([C@@H](CCCCNC(=O)OCc2ccccc2)C(=O)N2CCC[C@H]2C(=O)OC(C)(C)C)C(=O)[C@H]1NC(=O)[C@@H](N)COC(C)(C)C. The number of likely N-dealkylation sites (tertiary alicyclic amines) is 2. The van der Waals surface area contributed by atoms with Crippen molar-refractivity contribution in [2.45, 2.75) is 122 Å². The first-order valence-corrected chi connectivity index (χ1v) is 17.6. The summed E-state index contributed by atoms with van der Waals surface area (Å²) in [4.78, 5) is 70.0. The molecule has 2 fully saturated rings. The lowest BCUT2D eigenvalue weighted by molar-refractivity contribution is -0.165. The van der Waals surface area contributed by atoms with Gasteiger partial charge in [0, 0.05) is 25.6 Å². The van der Waals surface area contributed by atoms with Gasteiger partial charge in [-0.15, -0.1) is 6.58 Å². The summed E-state index contributed by atoms with van der Waals surface area (Å²) in [5.41, 5.74) is 5.76. The Balaban J connectivity index is 1.73. The fourth-order valence-corrected chi connectivity index (χ4v) is 6.01. The minimum Gasteiger partial charge on any atom is -0.458 e. The van der Waals surface area contributed by atoms with Gasteiger partial charge in [-0.25, -0.2) is 9.59 Å². The molecule has 5 atom stereocenters. The van der Waals surface area contributed by atoms with Gasteiger partial charge in [-0.2, -0.15) is 0 Å². The molecule has 3 rings (SSSR count). The van der Waals surface area contributed by atoms with Crippen LogP contribution in [0.4, 0.5) is 4.79 Å². The Morgan fingerprint density at radius 1 is 1.02 bits per heavy atom. The summed E-state index contributed by atoms with van der Waals surface area (Å²) in [6.45, 7) is 15.8. The number of esters is 1. The van der Waals surface area contributed by atoms with Crippen LogP contribution in [0, 0.1) is 5.92 Å². The van der Waals surface area contributed by atoms with E-state index in [1.165, 1.54) is 9.80 Å². The predicted molar refractivity (Wildman–Crippen MR) is 188 cm³/mol. The molecule has 2 heterocycles. The first-order valence-electron chi connectivity index (χ1n) is 17.6. The third-order valence-corrected chi connectivity index (χ3v) is 8.58. The number of hydrogen-bond acceptors (Lipinski definition) is 9. The molecule has 2 saturated heterocycles. The quantitative estimate of drug-likeness (QED) is 0.141. The third-order valence-electron chi connectivity index (χ3n) is 8.58. The molecule has 2 aliphatic heterocycles. The van der Waals surface area contributed by atoms with Gasteiger partial charge >= 0.3 is 12.1 Å². The van der Waals surface area contributed by atoms with E-state index in [1.807, 2.05) is 51.1 Å². The van der Waals surface area contributed by atoms with Crippen LogP contribution >= 0.6 is 0 Å². The standard InChI is InChI=1S/C37H57N5O8/c1-8-26-19-22-42(33(45)30(26)40-31(43)27(38)24-49-36(2,3)4)28(32(44)41-21-14-18-29(41)34(46)50-37(5,6)7)17-12-13-20-39-35(47)48-23-25-15-10-9-11-16-25/h8-11,15-16,26-30H,1,12-14,17-24,38H2,2-7H3,(H,39,47)(H,40,43)/t26-,27+,28+,29+,30+/m1/s1. The second-order valence-electron chi connectivity index (χ2n) is 15.0. The molecule has 13 nitrogen and oxygen atoms in total. The Hall–Kier alpha value is -3.97. The number of carbonyl (C=O) groups is 5. The number of alkyl carbamates (subject to hydrolysis) is 1. The van der Waals surface area contributed by atoms with E-state index < -0.39 is 59.2 Å². The lowest BCUT2D eigenvalue weighted by Crippen LogP contribution is -2.63. The lowest BCUT2D eigenvalue weighted by Gasteiger charge is -2.42. The average molecular weight is 700 g/mol. The third kappa shape index (κ3) is 12.4. The van der Waals surface area contributed by atoms with Gasteiger partial charge in [0.05, 0.1) is 12.2 Å². The zero-order valence-electron chi connectivity index (χ0n) is 30.6. The number of ether oxygens (including phenoxy) is 3. The summed E-state index contributed by atoms with van der Waals surface area (Å²) >= 11 is 0. The van der Waals surface area contributed by atoms with Gasteiger partial charge < -0.3 is 40.4 Å². The Kier molecular flexibility index (Phi) is 14.8.